The third-order valence-electron chi connectivity index (χ3n) is 4.85. The molecular formula is C20H20N2O2. The number of allylic oxidation sites excluding steroid dienone is 1. The van der Waals surface area contributed by atoms with Crippen molar-refractivity contribution in [2.75, 3.05) is 0 Å². The van der Waals surface area contributed by atoms with Crippen molar-refractivity contribution in [3.05, 3.63) is 65.2 Å². The molecule has 1 aliphatic heterocycles. The Morgan fingerprint density at radius 3 is 2.33 bits per heavy atom. The predicted molar refractivity (Wildman–Crippen MR) is 94.8 cm³/mol. The lowest BCUT2D eigenvalue weighted by atomic mass is 9.78. The molecule has 2 aromatic carbocycles. The van der Waals surface area contributed by atoms with Gasteiger partial charge in [0.1, 0.15) is 11.5 Å². The van der Waals surface area contributed by atoms with Gasteiger partial charge in [0.25, 0.3) is 0 Å². The van der Waals surface area contributed by atoms with E-state index in [-0.39, 0.29) is 17.5 Å². The number of aromatic hydroxyl groups is 2. The Hall–Kier alpha value is -2.75. The van der Waals surface area contributed by atoms with Gasteiger partial charge in [-0.3, -0.25) is 0 Å². The summed E-state index contributed by atoms with van der Waals surface area (Å²) in [6.07, 6.45) is 5.46. The molecule has 0 radical (unpaired) electrons. The monoisotopic (exact) mass is 320 g/mol. The highest BCUT2D eigenvalue weighted by Gasteiger charge is 2.36. The van der Waals surface area contributed by atoms with Gasteiger partial charge in [0, 0.05) is 5.92 Å². The van der Waals surface area contributed by atoms with Gasteiger partial charge in [0.2, 0.25) is 0 Å². The number of phenolic OH excluding ortho intramolecular Hbond substituents is 2. The number of fused-ring (bicyclic) bond motifs is 1. The largest absolute Gasteiger partial charge is 0.508 e. The molecule has 0 saturated heterocycles. The van der Waals surface area contributed by atoms with Crippen LogP contribution >= 0.6 is 0 Å². The van der Waals surface area contributed by atoms with Gasteiger partial charge >= 0.3 is 0 Å². The zero-order chi connectivity index (χ0) is 16.5. The van der Waals surface area contributed by atoms with Crippen molar-refractivity contribution in [3.63, 3.8) is 0 Å². The average Bonchev–Trinajstić information content (AvgIpc) is 3.03. The average molecular weight is 320 g/mol. The van der Waals surface area contributed by atoms with Gasteiger partial charge in [0.15, 0.2) is 0 Å². The molecule has 3 N–H and O–H groups in total. The van der Waals surface area contributed by atoms with E-state index in [9.17, 15) is 10.2 Å². The molecule has 24 heavy (non-hydrogen) atoms. The van der Waals surface area contributed by atoms with Gasteiger partial charge in [-0.05, 0) is 66.3 Å². The lowest BCUT2D eigenvalue weighted by molar-refractivity contribution is 0.448. The fourth-order valence-electron chi connectivity index (χ4n) is 3.63. The van der Waals surface area contributed by atoms with E-state index in [1.165, 1.54) is 5.57 Å². The summed E-state index contributed by atoms with van der Waals surface area (Å²) in [5.41, 5.74) is 7.94. The number of benzene rings is 2. The van der Waals surface area contributed by atoms with E-state index in [1.807, 2.05) is 24.3 Å². The van der Waals surface area contributed by atoms with Crippen LogP contribution < -0.4 is 5.43 Å². The van der Waals surface area contributed by atoms with Crippen molar-refractivity contribution in [1.29, 1.82) is 0 Å². The maximum absolute atomic E-state index is 9.48. The second kappa shape index (κ2) is 6.04. The minimum absolute atomic E-state index is 0.170. The molecule has 1 fully saturated rings. The van der Waals surface area contributed by atoms with Crippen molar-refractivity contribution in [1.82, 2.24) is 5.43 Å². The van der Waals surface area contributed by atoms with Crippen LogP contribution in [0.15, 0.2) is 59.2 Å². The van der Waals surface area contributed by atoms with E-state index in [4.69, 9.17) is 0 Å². The van der Waals surface area contributed by atoms with Gasteiger partial charge in [-0.2, -0.15) is 5.10 Å². The molecule has 4 heteroatoms. The Kier molecular flexibility index (Phi) is 3.73. The van der Waals surface area contributed by atoms with Crippen molar-refractivity contribution >= 4 is 11.8 Å². The summed E-state index contributed by atoms with van der Waals surface area (Å²) in [4.78, 5) is 0. The minimum Gasteiger partial charge on any atom is -0.508 e. The Labute approximate surface area is 141 Å². The van der Waals surface area contributed by atoms with Gasteiger partial charge in [-0.15, -0.1) is 0 Å². The summed E-state index contributed by atoms with van der Waals surface area (Å²) in [5, 5.41) is 23.5. The Morgan fingerprint density at radius 1 is 0.958 bits per heavy atom. The van der Waals surface area contributed by atoms with Crippen LogP contribution in [0.2, 0.25) is 0 Å². The summed E-state index contributed by atoms with van der Waals surface area (Å²) in [6.45, 7) is 0. The van der Waals surface area contributed by atoms with Crippen molar-refractivity contribution in [3.8, 4) is 11.5 Å². The molecule has 2 aliphatic rings. The smallest absolute Gasteiger partial charge is 0.115 e. The highest BCUT2D eigenvalue weighted by Crippen LogP contribution is 2.39. The summed E-state index contributed by atoms with van der Waals surface area (Å²) in [6, 6.07) is 14.8. The minimum atomic E-state index is 0.170. The second-order valence-electron chi connectivity index (χ2n) is 6.46. The molecule has 0 bridgehead atoms. The van der Waals surface area contributed by atoms with Crippen LogP contribution in [0.3, 0.4) is 0 Å². The first kappa shape index (κ1) is 14.8. The Bertz CT molecular complexity index is 791. The topological polar surface area (TPSA) is 64.9 Å². The second-order valence-corrected chi connectivity index (χ2v) is 6.46. The molecule has 1 heterocycles. The first-order valence-corrected chi connectivity index (χ1v) is 8.33. The summed E-state index contributed by atoms with van der Waals surface area (Å²) in [5.74, 6) is 0.937. The Morgan fingerprint density at radius 2 is 1.62 bits per heavy atom. The van der Waals surface area contributed by atoms with Crippen LogP contribution in [0.4, 0.5) is 0 Å². The van der Waals surface area contributed by atoms with Crippen molar-refractivity contribution in [2.24, 2.45) is 11.0 Å². The fourth-order valence-corrected chi connectivity index (χ4v) is 3.63. The molecule has 1 saturated carbocycles. The van der Waals surface area contributed by atoms with Crippen molar-refractivity contribution in [2.45, 2.75) is 25.3 Å². The molecule has 2 atom stereocenters. The number of hydrogen-bond acceptors (Lipinski definition) is 4. The van der Waals surface area contributed by atoms with E-state index < -0.39 is 0 Å². The SMILES string of the molecule is Oc1ccc(/C=C2\CCCC3C2=NNC3c2ccc(O)cc2)cc1. The highest BCUT2D eigenvalue weighted by molar-refractivity contribution is 6.07. The molecule has 0 amide bonds. The normalized spacial score (nSPS) is 24.3. The number of nitrogens with zero attached hydrogens (tertiary/aromatic N) is 1. The molecule has 0 aromatic heterocycles. The highest BCUT2D eigenvalue weighted by atomic mass is 16.3. The summed E-state index contributed by atoms with van der Waals surface area (Å²) in [7, 11) is 0. The predicted octanol–water partition coefficient (Wildman–Crippen LogP) is 3.98. The van der Waals surface area contributed by atoms with Crippen LogP contribution in [0, 0.1) is 5.92 Å². The van der Waals surface area contributed by atoms with E-state index >= 15 is 0 Å². The lowest BCUT2D eigenvalue weighted by Crippen LogP contribution is -2.25. The van der Waals surface area contributed by atoms with Gasteiger partial charge in [-0.25, -0.2) is 0 Å². The first-order valence-electron chi connectivity index (χ1n) is 8.33. The van der Waals surface area contributed by atoms with Crippen LogP contribution in [0.5, 0.6) is 11.5 Å². The molecule has 122 valence electrons. The van der Waals surface area contributed by atoms with E-state index in [1.54, 1.807) is 24.3 Å². The standard InChI is InChI=1S/C20H20N2O2/c23-16-8-4-13(5-9-16)12-15-2-1-3-18-19(21-22-20(15)18)14-6-10-17(24)11-7-14/h4-12,18-19,21,23-24H,1-3H2/b15-12+. The number of rotatable bonds is 2. The van der Waals surface area contributed by atoms with Crippen LogP contribution in [-0.4, -0.2) is 15.9 Å². The zero-order valence-corrected chi connectivity index (χ0v) is 13.3. The third kappa shape index (κ3) is 2.75. The molecule has 2 unspecified atom stereocenters. The van der Waals surface area contributed by atoms with Crippen molar-refractivity contribution < 1.29 is 10.2 Å². The molecular weight excluding hydrogens is 300 g/mol. The maximum atomic E-state index is 9.48. The summed E-state index contributed by atoms with van der Waals surface area (Å²) >= 11 is 0. The quantitative estimate of drug-likeness (QED) is 0.784. The number of nitrogens with one attached hydrogen (secondary N) is 1. The van der Waals surface area contributed by atoms with E-state index in [0.717, 1.165) is 36.1 Å². The maximum Gasteiger partial charge on any atom is 0.115 e. The number of phenols is 2. The molecule has 2 aromatic rings. The van der Waals surface area contributed by atoms with E-state index in [2.05, 4.69) is 16.6 Å². The Balaban J connectivity index is 1.60. The fraction of sp³-hybridized carbons (Fsp3) is 0.250. The first-order chi connectivity index (χ1) is 11.7. The van der Waals surface area contributed by atoms with Gasteiger partial charge in [-0.1, -0.05) is 24.3 Å². The summed E-state index contributed by atoms with van der Waals surface area (Å²) < 4.78 is 0. The third-order valence-corrected chi connectivity index (χ3v) is 4.85. The molecule has 4 rings (SSSR count). The number of hydrazone groups is 1. The van der Waals surface area contributed by atoms with Crippen LogP contribution in [-0.2, 0) is 0 Å². The lowest BCUT2D eigenvalue weighted by Gasteiger charge is -2.26. The van der Waals surface area contributed by atoms with Crippen LogP contribution in [0.1, 0.15) is 36.4 Å². The van der Waals surface area contributed by atoms with Crippen LogP contribution in [0.25, 0.3) is 6.08 Å². The van der Waals surface area contributed by atoms with E-state index in [0.29, 0.717) is 5.92 Å². The molecule has 0 spiro atoms. The molecule has 4 nitrogen and oxygen atoms in total. The zero-order valence-electron chi connectivity index (χ0n) is 13.3. The van der Waals surface area contributed by atoms with Gasteiger partial charge in [0.05, 0.1) is 11.8 Å². The number of hydrogen-bond donors (Lipinski definition) is 3. The van der Waals surface area contributed by atoms with Gasteiger partial charge < -0.3 is 15.6 Å². The molecule has 1 aliphatic carbocycles.